The van der Waals surface area contributed by atoms with Crippen molar-refractivity contribution in [2.45, 2.75) is 6.10 Å². The van der Waals surface area contributed by atoms with Crippen molar-refractivity contribution in [3.8, 4) is 28.1 Å². The van der Waals surface area contributed by atoms with Crippen molar-refractivity contribution >= 4 is 28.5 Å². The molecule has 3 heterocycles. The van der Waals surface area contributed by atoms with E-state index in [2.05, 4.69) is 19.9 Å². The van der Waals surface area contributed by atoms with Gasteiger partial charge in [-0.25, -0.2) is 15.0 Å². The van der Waals surface area contributed by atoms with Crippen LogP contribution >= 0.6 is 11.6 Å². The van der Waals surface area contributed by atoms with Gasteiger partial charge in [0.15, 0.2) is 6.10 Å². The molecule has 1 N–H and O–H groups in total. The van der Waals surface area contributed by atoms with E-state index in [9.17, 15) is 4.79 Å². The van der Waals surface area contributed by atoms with Gasteiger partial charge in [-0.3, -0.25) is 4.79 Å². The van der Waals surface area contributed by atoms with Crippen molar-refractivity contribution in [2.24, 2.45) is 0 Å². The number of amides is 1. The van der Waals surface area contributed by atoms with Gasteiger partial charge in [0.1, 0.15) is 24.3 Å². The Morgan fingerprint density at radius 1 is 1.12 bits per heavy atom. The van der Waals surface area contributed by atoms with Crippen LogP contribution in [0.4, 0.5) is 0 Å². The summed E-state index contributed by atoms with van der Waals surface area (Å²) < 4.78 is 11.0. The fraction of sp³-hybridized carbons (Fsp3) is 0.217. The number of nitrogens with zero attached hydrogens (tertiary/aromatic N) is 4. The maximum absolute atomic E-state index is 12.1. The van der Waals surface area contributed by atoms with Gasteiger partial charge in [0.2, 0.25) is 0 Å². The number of hydrogen-bond donors (Lipinski definition) is 1. The molecule has 0 saturated heterocycles. The Morgan fingerprint density at radius 3 is 2.50 bits per heavy atom. The molecule has 164 valence electrons. The molecule has 0 radical (unpaired) electrons. The molecule has 1 unspecified atom stereocenters. The van der Waals surface area contributed by atoms with E-state index in [1.54, 1.807) is 32.7 Å². The normalized spacial score (nSPS) is 12.0. The number of pyridine rings is 1. The van der Waals surface area contributed by atoms with Crippen molar-refractivity contribution in [3.05, 3.63) is 60.3 Å². The van der Waals surface area contributed by atoms with E-state index in [-0.39, 0.29) is 12.5 Å². The Hall–Kier alpha value is -3.49. The summed E-state index contributed by atoms with van der Waals surface area (Å²) in [5.41, 5.74) is 4.28. The van der Waals surface area contributed by atoms with Crippen molar-refractivity contribution in [3.63, 3.8) is 0 Å². The highest BCUT2D eigenvalue weighted by atomic mass is 35.5. The number of hydrogen-bond acceptors (Lipinski definition) is 6. The highest BCUT2D eigenvalue weighted by molar-refractivity contribution is 6.31. The van der Waals surface area contributed by atoms with Crippen LogP contribution in [0.15, 0.2) is 55.2 Å². The van der Waals surface area contributed by atoms with E-state index in [4.69, 9.17) is 21.1 Å². The molecule has 1 amide bonds. The molecule has 0 fully saturated rings. The number of nitrogens with one attached hydrogen (secondary N) is 1. The summed E-state index contributed by atoms with van der Waals surface area (Å²) in [6, 6.07) is 9.43. The number of rotatable bonds is 7. The van der Waals surface area contributed by atoms with Gasteiger partial charge in [0.25, 0.3) is 5.91 Å². The van der Waals surface area contributed by atoms with Crippen LogP contribution in [0.3, 0.4) is 0 Å². The number of likely N-dealkylation sites (N-methyl/N-ethyl adjacent to an activating group) is 1. The Morgan fingerprint density at radius 2 is 1.84 bits per heavy atom. The maximum atomic E-state index is 12.1. The quantitative estimate of drug-likeness (QED) is 0.459. The maximum Gasteiger partial charge on any atom is 0.254 e. The number of methoxy groups -OCH3 is 1. The number of aromatic nitrogens is 4. The molecule has 4 rings (SSSR count). The molecule has 0 aliphatic heterocycles. The summed E-state index contributed by atoms with van der Waals surface area (Å²) in [6.07, 6.45) is 5.94. The third-order valence-corrected chi connectivity index (χ3v) is 5.22. The minimum Gasteiger partial charge on any atom is -0.490 e. The SMILES string of the molecule is COC(COc1ccc(-c2[nH]c3ncc(Cl)cc3c2-c2cncnc2)cc1)C(=O)N(C)C. The van der Waals surface area contributed by atoms with Gasteiger partial charge in [-0.1, -0.05) is 11.6 Å². The number of ether oxygens (including phenoxy) is 2. The standard InChI is InChI=1S/C23H22ClN5O3/c1-29(2)23(30)19(31-3)12-32-17-6-4-14(5-7-17)21-20(15-9-25-13-26-10-15)18-8-16(24)11-27-22(18)28-21/h4-11,13,19H,12H2,1-3H3,(H,27,28). The number of carbonyl (C=O) groups is 1. The third kappa shape index (κ3) is 4.42. The molecular formula is C23H22ClN5O3. The lowest BCUT2D eigenvalue weighted by molar-refractivity contribution is -0.141. The summed E-state index contributed by atoms with van der Waals surface area (Å²) in [5.74, 6) is 0.479. The topological polar surface area (TPSA) is 93.2 Å². The van der Waals surface area contributed by atoms with Gasteiger partial charge >= 0.3 is 0 Å². The van der Waals surface area contributed by atoms with Crippen LogP contribution in [0.25, 0.3) is 33.4 Å². The van der Waals surface area contributed by atoms with Gasteiger partial charge in [0, 0.05) is 56.3 Å². The van der Waals surface area contributed by atoms with E-state index >= 15 is 0 Å². The highest BCUT2D eigenvalue weighted by Crippen LogP contribution is 2.38. The van der Waals surface area contributed by atoms with Gasteiger partial charge in [0.05, 0.1) is 10.7 Å². The molecule has 1 atom stereocenters. The smallest absolute Gasteiger partial charge is 0.254 e. The number of H-pyrrole nitrogens is 1. The molecule has 0 bridgehead atoms. The van der Waals surface area contributed by atoms with Crippen LogP contribution in [-0.4, -0.2) is 64.7 Å². The predicted molar refractivity (Wildman–Crippen MR) is 123 cm³/mol. The number of benzene rings is 1. The van der Waals surface area contributed by atoms with Crippen LogP contribution in [0.2, 0.25) is 5.02 Å². The molecule has 0 spiro atoms. The van der Waals surface area contributed by atoms with Gasteiger partial charge in [-0.15, -0.1) is 0 Å². The fourth-order valence-corrected chi connectivity index (χ4v) is 3.57. The molecule has 8 nitrogen and oxygen atoms in total. The first-order valence-electron chi connectivity index (χ1n) is 9.87. The zero-order valence-corrected chi connectivity index (χ0v) is 18.6. The van der Waals surface area contributed by atoms with Crippen molar-refractivity contribution in [2.75, 3.05) is 27.8 Å². The number of fused-ring (bicyclic) bond motifs is 1. The Balaban J connectivity index is 1.65. The van der Waals surface area contributed by atoms with E-state index in [1.165, 1.54) is 18.3 Å². The summed E-state index contributed by atoms with van der Waals surface area (Å²) in [5, 5.41) is 1.43. The van der Waals surface area contributed by atoms with Gasteiger partial charge in [-0.05, 0) is 35.9 Å². The molecule has 3 aromatic heterocycles. The van der Waals surface area contributed by atoms with Gasteiger partial charge < -0.3 is 19.4 Å². The second-order valence-electron chi connectivity index (χ2n) is 7.34. The third-order valence-electron chi connectivity index (χ3n) is 5.01. The summed E-state index contributed by atoms with van der Waals surface area (Å²) in [4.78, 5) is 29.7. The zero-order valence-electron chi connectivity index (χ0n) is 17.9. The fourth-order valence-electron chi connectivity index (χ4n) is 3.41. The molecule has 0 saturated carbocycles. The zero-order chi connectivity index (χ0) is 22.7. The van der Waals surface area contributed by atoms with Crippen molar-refractivity contribution in [1.82, 2.24) is 24.8 Å². The van der Waals surface area contributed by atoms with E-state index < -0.39 is 6.10 Å². The largest absolute Gasteiger partial charge is 0.490 e. The molecule has 0 aliphatic carbocycles. The van der Waals surface area contributed by atoms with Crippen LogP contribution < -0.4 is 4.74 Å². The average molecular weight is 452 g/mol. The monoisotopic (exact) mass is 451 g/mol. The van der Waals surface area contributed by atoms with Crippen LogP contribution in [0, 0.1) is 0 Å². The van der Waals surface area contributed by atoms with E-state index in [0.29, 0.717) is 16.4 Å². The lowest BCUT2D eigenvalue weighted by Gasteiger charge is -2.19. The number of carbonyl (C=O) groups excluding carboxylic acids is 1. The first-order chi connectivity index (χ1) is 15.5. The minimum absolute atomic E-state index is 0.119. The van der Waals surface area contributed by atoms with Crippen LogP contribution in [0.5, 0.6) is 5.75 Å². The molecular weight excluding hydrogens is 430 g/mol. The molecule has 32 heavy (non-hydrogen) atoms. The Kier molecular flexibility index (Phi) is 6.34. The number of aromatic amines is 1. The lowest BCUT2D eigenvalue weighted by Crippen LogP contribution is -2.38. The van der Waals surface area contributed by atoms with Crippen molar-refractivity contribution in [1.29, 1.82) is 0 Å². The van der Waals surface area contributed by atoms with Crippen molar-refractivity contribution < 1.29 is 14.3 Å². The summed E-state index contributed by atoms with van der Waals surface area (Å²) in [7, 11) is 4.85. The van der Waals surface area contributed by atoms with E-state index in [1.807, 2.05) is 30.3 Å². The number of halogens is 1. The molecule has 9 heteroatoms. The second kappa shape index (κ2) is 9.33. The van der Waals surface area contributed by atoms with E-state index in [0.717, 1.165) is 27.8 Å². The minimum atomic E-state index is -0.668. The molecule has 1 aromatic carbocycles. The summed E-state index contributed by atoms with van der Waals surface area (Å²) >= 11 is 6.21. The Labute approximate surface area is 190 Å². The van der Waals surface area contributed by atoms with Crippen LogP contribution in [0.1, 0.15) is 0 Å². The lowest BCUT2D eigenvalue weighted by atomic mass is 10.0. The first-order valence-corrected chi connectivity index (χ1v) is 10.3. The summed E-state index contributed by atoms with van der Waals surface area (Å²) in [6.45, 7) is 0.119. The predicted octanol–water partition coefficient (Wildman–Crippen LogP) is 3.82. The first kappa shape index (κ1) is 21.7. The van der Waals surface area contributed by atoms with Gasteiger partial charge in [-0.2, -0.15) is 0 Å². The Bertz CT molecular complexity index is 1230. The second-order valence-corrected chi connectivity index (χ2v) is 7.78. The molecule has 0 aliphatic rings. The average Bonchev–Trinajstić information content (AvgIpc) is 3.18. The molecule has 4 aromatic rings. The van der Waals surface area contributed by atoms with Crippen LogP contribution in [-0.2, 0) is 9.53 Å². The highest BCUT2D eigenvalue weighted by Gasteiger charge is 2.21.